The Morgan fingerprint density at radius 1 is 1.26 bits per heavy atom. The van der Waals surface area contributed by atoms with Crippen molar-refractivity contribution in [2.75, 3.05) is 0 Å². The van der Waals surface area contributed by atoms with Crippen molar-refractivity contribution >= 4 is 21.7 Å². The van der Waals surface area contributed by atoms with Crippen LogP contribution in [-0.2, 0) is 19.6 Å². The van der Waals surface area contributed by atoms with E-state index in [0.717, 1.165) is 0 Å². The summed E-state index contributed by atoms with van der Waals surface area (Å²) in [5, 5.41) is 3.92. The summed E-state index contributed by atoms with van der Waals surface area (Å²) in [6, 6.07) is 6.69. The summed E-state index contributed by atoms with van der Waals surface area (Å²) in [4.78, 5) is 14.3. The minimum absolute atomic E-state index is 0.201. The SMILES string of the molecule is Cc1ccccc1S(=O)(=O)NN=C1CC(C(=O)OC(C)(C)C)C1. The number of nitrogens with zero attached hydrogens (tertiary/aromatic N) is 1. The van der Waals surface area contributed by atoms with Gasteiger partial charge < -0.3 is 4.74 Å². The number of rotatable bonds is 4. The molecule has 1 aromatic rings. The Balaban J connectivity index is 1.94. The minimum Gasteiger partial charge on any atom is -0.460 e. The normalized spacial score (nSPS) is 18.1. The average molecular weight is 338 g/mol. The number of nitrogens with one attached hydrogen (secondary N) is 1. The number of hydrogen-bond donors (Lipinski definition) is 1. The number of benzene rings is 1. The molecular formula is C16H22N2O4S. The van der Waals surface area contributed by atoms with Gasteiger partial charge in [-0.15, -0.1) is 0 Å². The van der Waals surface area contributed by atoms with Gasteiger partial charge in [-0.05, 0) is 39.3 Å². The van der Waals surface area contributed by atoms with Gasteiger partial charge in [-0.25, -0.2) is 4.83 Å². The first kappa shape index (κ1) is 17.5. The molecule has 1 fully saturated rings. The highest BCUT2D eigenvalue weighted by molar-refractivity contribution is 7.89. The van der Waals surface area contributed by atoms with E-state index in [9.17, 15) is 13.2 Å². The van der Waals surface area contributed by atoms with E-state index in [0.29, 0.717) is 24.1 Å². The maximum Gasteiger partial charge on any atom is 0.310 e. The Hall–Kier alpha value is -1.89. The Bertz CT molecular complexity index is 725. The fourth-order valence-electron chi connectivity index (χ4n) is 2.18. The molecule has 0 bridgehead atoms. The molecule has 0 unspecified atom stereocenters. The highest BCUT2D eigenvalue weighted by Gasteiger charge is 2.35. The molecule has 1 aromatic carbocycles. The van der Waals surface area contributed by atoms with E-state index in [1.807, 2.05) is 20.8 Å². The van der Waals surface area contributed by atoms with Crippen molar-refractivity contribution in [3.05, 3.63) is 29.8 Å². The summed E-state index contributed by atoms with van der Waals surface area (Å²) in [6.45, 7) is 7.17. The number of hydrogen-bond acceptors (Lipinski definition) is 5. The number of sulfonamides is 1. The van der Waals surface area contributed by atoms with E-state index < -0.39 is 15.6 Å². The zero-order valence-electron chi connectivity index (χ0n) is 13.8. The van der Waals surface area contributed by atoms with Crippen LogP contribution in [0, 0.1) is 12.8 Å². The van der Waals surface area contributed by atoms with Gasteiger partial charge in [0.2, 0.25) is 0 Å². The van der Waals surface area contributed by atoms with Crippen molar-refractivity contribution in [2.24, 2.45) is 11.0 Å². The first-order valence-corrected chi connectivity index (χ1v) is 8.92. The molecule has 1 aliphatic rings. The lowest BCUT2D eigenvalue weighted by molar-refractivity contribution is -0.160. The van der Waals surface area contributed by atoms with Crippen molar-refractivity contribution in [2.45, 2.75) is 51.0 Å². The molecule has 0 saturated heterocycles. The molecular weight excluding hydrogens is 316 g/mol. The molecule has 126 valence electrons. The third-order valence-electron chi connectivity index (χ3n) is 3.41. The maximum atomic E-state index is 12.2. The van der Waals surface area contributed by atoms with E-state index in [2.05, 4.69) is 9.93 Å². The van der Waals surface area contributed by atoms with Gasteiger partial charge in [0.05, 0.1) is 10.8 Å². The van der Waals surface area contributed by atoms with Crippen LogP contribution in [0.15, 0.2) is 34.3 Å². The number of hydrazone groups is 1. The second-order valence-corrected chi connectivity index (χ2v) is 8.31. The van der Waals surface area contributed by atoms with Gasteiger partial charge in [0.1, 0.15) is 5.60 Å². The fourth-order valence-corrected chi connectivity index (χ4v) is 3.28. The minimum atomic E-state index is -3.68. The summed E-state index contributed by atoms with van der Waals surface area (Å²) in [5.74, 6) is -0.505. The first-order valence-electron chi connectivity index (χ1n) is 7.44. The second-order valence-electron chi connectivity index (χ2n) is 6.68. The molecule has 0 spiro atoms. The van der Waals surface area contributed by atoms with E-state index >= 15 is 0 Å². The topological polar surface area (TPSA) is 84.8 Å². The zero-order chi connectivity index (χ0) is 17.3. The van der Waals surface area contributed by atoms with Crippen LogP contribution in [0.5, 0.6) is 0 Å². The van der Waals surface area contributed by atoms with Crippen LogP contribution in [0.2, 0.25) is 0 Å². The van der Waals surface area contributed by atoms with Crippen LogP contribution in [0.3, 0.4) is 0 Å². The largest absolute Gasteiger partial charge is 0.460 e. The molecule has 0 radical (unpaired) electrons. The van der Waals surface area contributed by atoms with E-state index in [4.69, 9.17) is 4.74 Å². The molecule has 0 heterocycles. The van der Waals surface area contributed by atoms with Gasteiger partial charge >= 0.3 is 5.97 Å². The molecule has 1 aliphatic carbocycles. The zero-order valence-corrected chi connectivity index (χ0v) is 14.6. The number of carbonyl (C=O) groups excluding carboxylic acids is 1. The smallest absolute Gasteiger partial charge is 0.310 e. The van der Waals surface area contributed by atoms with Gasteiger partial charge in [-0.1, -0.05) is 18.2 Å². The third-order valence-corrected chi connectivity index (χ3v) is 4.78. The number of aryl methyl sites for hydroxylation is 1. The lowest BCUT2D eigenvalue weighted by Crippen LogP contribution is -2.37. The summed E-state index contributed by atoms with van der Waals surface area (Å²) in [5.41, 5.74) is 0.787. The Labute approximate surface area is 137 Å². The second kappa shape index (κ2) is 6.31. The van der Waals surface area contributed by atoms with Crippen LogP contribution in [-0.4, -0.2) is 25.7 Å². The van der Waals surface area contributed by atoms with E-state index in [1.165, 1.54) is 6.07 Å². The molecule has 1 saturated carbocycles. The summed E-state index contributed by atoms with van der Waals surface area (Å²) in [7, 11) is -3.68. The van der Waals surface area contributed by atoms with Gasteiger partial charge in [0.25, 0.3) is 10.0 Å². The van der Waals surface area contributed by atoms with Crippen molar-refractivity contribution in [1.29, 1.82) is 0 Å². The van der Waals surface area contributed by atoms with Crippen LogP contribution < -0.4 is 4.83 Å². The molecule has 2 rings (SSSR count). The predicted octanol–water partition coefficient (Wildman–Crippen LogP) is 2.38. The molecule has 0 aliphatic heterocycles. The third kappa shape index (κ3) is 4.54. The quantitative estimate of drug-likeness (QED) is 0.675. The lowest BCUT2D eigenvalue weighted by Gasteiger charge is -2.29. The lowest BCUT2D eigenvalue weighted by atomic mass is 9.83. The predicted molar refractivity (Wildman–Crippen MR) is 87.5 cm³/mol. The Morgan fingerprint density at radius 2 is 1.87 bits per heavy atom. The van der Waals surface area contributed by atoms with Crippen LogP contribution in [0.25, 0.3) is 0 Å². The Kier molecular flexibility index (Phi) is 4.79. The summed E-state index contributed by atoms with van der Waals surface area (Å²) < 4.78 is 29.7. The standard InChI is InChI=1S/C16H22N2O4S/c1-11-7-5-6-8-14(11)23(20,21)18-17-13-9-12(10-13)15(19)22-16(2,3)4/h5-8,12,18H,9-10H2,1-4H3. The van der Waals surface area contributed by atoms with Crippen molar-refractivity contribution < 1.29 is 17.9 Å². The number of ether oxygens (including phenoxy) is 1. The summed E-state index contributed by atoms with van der Waals surface area (Å²) in [6.07, 6.45) is 0.844. The van der Waals surface area contributed by atoms with E-state index in [1.54, 1.807) is 25.1 Å². The molecule has 0 aromatic heterocycles. The van der Waals surface area contributed by atoms with Crippen LogP contribution in [0.1, 0.15) is 39.2 Å². The average Bonchev–Trinajstić information content (AvgIpc) is 2.34. The number of esters is 1. The highest BCUT2D eigenvalue weighted by Crippen LogP contribution is 2.27. The molecule has 0 amide bonds. The van der Waals surface area contributed by atoms with Crippen LogP contribution >= 0.6 is 0 Å². The molecule has 23 heavy (non-hydrogen) atoms. The highest BCUT2D eigenvalue weighted by atomic mass is 32.2. The van der Waals surface area contributed by atoms with Crippen LogP contribution in [0.4, 0.5) is 0 Å². The number of carbonyl (C=O) groups is 1. The first-order chi connectivity index (χ1) is 10.6. The summed E-state index contributed by atoms with van der Waals surface area (Å²) >= 11 is 0. The molecule has 7 heteroatoms. The maximum absolute atomic E-state index is 12.2. The van der Waals surface area contributed by atoms with Crippen molar-refractivity contribution in [1.82, 2.24) is 4.83 Å². The van der Waals surface area contributed by atoms with Gasteiger partial charge in [-0.3, -0.25) is 4.79 Å². The molecule has 1 N–H and O–H groups in total. The molecule has 6 nitrogen and oxygen atoms in total. The molecule has 0 atom stereocenters. The fraction of sp³-hybridized carbons (Fsp3) is 0.500. The van der Waals surface area contributed by atoms with E-state index in [-0.39, 0.29) is 16.8 Å². The Morgan fingerprint density at radius 3 is 2.43 bits per heavy atom. The van der Waals surface area contributed by atoms with Crippen molar-refractivity contribution in [3.63, 3.8) is 0 Å². The monoisotopic (exact) mass is 338 g/mol. The van der Waals surface area contributed by atoms with Gasteiger partial charge in [0, 0.05) is 18.6 Å². The van der Waals surface area contributed by atoms with Crippen molar-refractivity contribution in [3.8, 4) is 0 Å². The van der Waals surface area contributed by atoms with Gasteiger partial charge in [-0.2, -0.15) is 13.5 Å². The van der Waals surface area contributed by atoms with Gasteiger partial charge in [0.15, 0.2) is 0 Å².